The van der Waals surface area contributed by atoms with Crippen LogP contribution in [0.2, 0.25) is 0 Å². The lowest BCUT2D eigenvalue weighted by atomic mass is 9.95. The molecule has 0 radical (unpaired) electrons. The largest absolute Gasteiger partial charge is 0.403 e. The van der Waals surface area contributed by atoms with Crippen molar-refractivity contribution >= 4 is 33.9 Å². The fraction of sp³-hybridized carbons (Fsp3) is 0.286. The fourth-order valence-corrected chi connectivity index (χ4v) is 3.04. The smallest absolute Gasteiger partial charge is 0.133 e. The lowest BCUT2D eigenvalue weighted by Gasteiger charge is -2.24. The number of pyridine rings is 3. The number of nitrogens with two attached hydrogens (primary N) is 3. The van der Waals surface area contributed by atoms with Crippen LogP contribution in [0.25, 0.3) is 16.5 Å². The second-order valence-corrected chi connectivity index (χ2v) is 7.45. The summed E-state index contributed by atoms with van der Waals surface area (Å²) >= 11 is 0. The molecular weight excluding hydrogens is 378 g/mol. The van der Waals surface area contributed by atoms with Gasteiger partial charge in [0.05, 0.1) is 11.4 Å². The van der Waals surface area contributed by atoms with Gasteiger partial charge in [-0.1, -0.05) is 0 Å². The molecular formula is C21H29N9. The Balaban J connectivity index is 1.98. The van der Waals surface area contributed by atoms with Crippen LogP contribution in [0.1, 0.15) is 32.0 Å². The molecule has 0 spiro atoms. The van der Waals surface area contributed by atoms with E-state index in [0.717, 1.165) is 16.3 Å². The van der Waals surface area contributed by atoms with Crippen molar-refractivity contribution in [3.63, 3.8) is 0 Å². The van der Waals surface area contributed by atoms with Crippen molar-refractivity contribution < 1.29 is 0 Å². The molecule has 9 nitrogen and oxygen atoms in total. The van der Waals surface area contributed by atoms with Crippen LogP contribution in [-0.2, 0) is 5.54 Å². The molecule has 0 aliphatic heterocycles. The zero-order valence-corrected chi connectivity index (χ0v) is 17.8. The standard InChI is InChI=1S/C21H29N9/c1-5-30(24)17(11-22)16-8-13-9-18(27-12-15(13)20(23)28-16)29-19-10-14(6-7-26-19)21(2,3)25-4/h6-12,25H,5,22,24H2,1-4H3,(H2,23,28)(H,26,27,29)/b17-11-. The van der Waals surface area contributed by atoms with Crippen molar-refractivity contribution in [2.75, 3.05) is 24.6 Å². The SMILES string of the molecule is CCN(N)/C(=C\N)c1cc2cc(Nc3cc(C(C)(C)NC)ccn3)ncc2c(N)n1. The first-order valence-corrected chi connectivity index (χ1v) is 9.72. The number of anilines is 3. The van der Waals surface area contributed by atoms with Gasteiger partial charge in [-0.3, -0.25) is 0 Å². The van der Waals surface area contributed by atoms with Crippen molar-refractivity contribution in [1.82, 2.24) is 25.3 Å². The van der Waals surface area contributed by atoms with Gasteiger partial charge in [-0.25, -0.2) is 20.8 Å². The second-order valence-electron chi connectivity index (χ2n) is 7.45. The monoisotopic (exact) mass is 407 g/mol. The summed E-state index contributed by atoms with van der Waals surface area (Å²) in [7, 11) is 1.93. The highest BCUT2D eigenvalue weighted by Crippen LogP contribution is 2.27. The van der Waals surface area contributed by atoms with E-state index < -0.39 is 0 Å². The minimum Gasteiger partial charge on any atom is -0.403 e. The first-order chi connectivity index (χ1) is 14.3. The Labute approximate surface area is 176 Å². The van der Waals surface area contributed by atoms with Gasteiger partial charge in [-0.15, -0.1) is 0 Å². The molecule has 8 N–H and O–H groups in total. The number of hydrogen-bond donors (Lipinski definition) is 5. The van der Waals surface area contributed by atoms with E-state index in [-0.39, 0.29) is 5.54 Å². The van der Waals surface area contributed by atoms with Gasteiger partial charge in [0.2, 0.25) is 0 Å². The van der Waals surface area contributed by atoms with Crippen LogP contribution in [0.3, 0.4) is 0 Å². The number of hydrazine groups is 1. The predicted octanol–water partition coefficient (Wildman–Crippen LogP) is 2.26. The summed E-state index contributed by atoms with van der Waals surface area (Å²) in [6.07, 6.45) is 4.89. The average Bonchev–Trinajstić information content (AvgIpc) is 2.74. The minimum atomic E-state index is -0.177. The third-order valence-corrected chi connectivity index (χ3v) is 5.18. The van der Waals surface area contributed by atoms with Crippen LogP contribution in [0.15, 0.2) is 42.9 Å². The summed E-state index contributed by atoms with van der Waals surface area (Å²) in [6.45, 7) is 6.72. The van der Waals surface area contributed by atoms with E-state index in [9.17, 15) is 0 Å². The summed E-state index contributed by atoms with van der Waals surface area (Å²) in [5.41, 5.74) is 14.1. The van der Waals surface area contributed by atoms with Crippen molar-refractivity contribution in [3.05, 3.63) is 54.1 Å². The van der Waals surface area contributed by atoms with Gasteiger partial charge in [0, 0.05) is 36.1 Å². The Morgan fingerprint density at radius 3 is 2.60 bits per heavy atom. The Hall–Kier alpha value is -3.43. The predicted molar refractivity (Wildman–Crippen MR) is 122 cm³/mol. The molecule has 158 valence electrons. The molecule has 0 bridgehead atoms. The third-order valence-electron chi connectivity index (χ3n) is 5.18. The molecule has 0 saturated heterocycles. The number of fused-ring (bicyclic) bond motifs is 1. The maximum atomic E-state index is 6.16. The van der Waals surface area contributed by atoms with Crippen LogP contribution in [0, 0.1) is 0 Å². The van der Waals surface area contributed by atoms with E-state index in [4.69, 9.17) is 17.3 Å². The van der Waals surface area contributed by atoms with Crippen molar-refractivity contribution in [1.29, 1.82) is 0 Å². The lowest BCUT2D eigenvalue weighted by molar-refractivity contribution is 0.438. The third kappa shape index (κ3) is 4.27. The number of nitrogens with zero attached hydrogens (tertiary/aromatic N) is 4. The summed E-state index contributed by atoms with van der Waals surface area (Å²) < 4.78 is 0. The summed E-state index contributed by atoms with van der Waals surface area (Å²) in [6, 6.07) is 7.77. The van der Waals surface area contributed by atoms with Crippen molar-refractivity contribution in [2.24, 2.45) is 11.6 Å². The molecule has 0 aliphatic carbocycles. The van der Waals surface area contributed by atoms with Gasteiger partial charge in [0.15, 0.2) is 0 Å². The van der Waals surface area contributed by atoms with E-state index in [0.29, 0.717) is 35.4 Å². The summed E-state index contributed by atoms with van der Waals surface area (Å²) in [5.74, 6) is 7.72. The Morgan fingerprint density at radius 1 is 1.20 bits per heavy atom. The lowest BCUT2D eigenvalue weighted by Crippen LogP contribution is -2.33. The quantitative estimate of drug-likeness (QED) is 0.294. The van der Waals surface area contributed by atoms with Crippen LogP contribution in [0.5, 0.6) is 0 Å². The van der Waals surface area contributed by atoms with Gasteiger partial charge in [0.25, 0.3) is 0 Å². The highest BCUT2D eigenvalue weighted by atomic mass is 15.4. The highest BCUT2D eigenvalue weighted by Gasteiger charge is 2.18. The molecule has 30 heavy (non-hydrogen) atoms. The molecule has 0 aliphatic rings. The average molecular weight is 408 g/mol. The molecule has 0 aromatic carbocycles. The highest BCUT2D eigenvalue weighted by molar-refractivity contribution is 5.93. The molecule has 0 unspecified atom stereocenters. The molecule has 0 fully saturated rings. The number of nitrogens with one attached hydrogen (secondary N) is 2. The maximum Gasteiger partial charge on any atom is 0.133 e. The number of hydrogen-bond acceptors (Lipinski definition) is 9. The van der Waals surface area contributed by atoms with Gasteiger partial charge in [-0.2, -0.15) is 0 Å². The summed E-state index contributed by atoms with van der Waals surface area (Å²) in [4.78, 5) is 13.3. The van der Waals surface area contributed by atoms with Crippen LogP contribution in [-0.4, -0.2) is 33.6 Å². The first-order valence-electron chi connectivity index (χ1n) is 9.72. The molecule has 3 rings (SSSR count). The molecule has 3 aromatic rings. The Morgan fingerprint density at radius 2 is 1.93 bits per heavy atom. The molecule has 0 amide bonds. The molecule has 3 heterocycles. The van der Waals surface area contributed by atoms with E-state index >= 15 is 0 Å². The van der Waals surface area contributed by atoms with E-state index in [1.807, 2.05) is 38.2 Å². The second kappa shape index (κ2) is 8.52. The van der Waals surface area contributed by atoms with Crippen LogP contribution >= 0.6 is 0 Å². The van der Waals surface area contributed by atoms with Gasteiger partial charge in [0.1, 0.15) is 17.5 Å². The zero-order chi connectivity index (χ0) is 21.9. The minimum absolute atomic E-state index is 0.177. The van der Waals surface area contributed by atoms with E-state index in [2.05, 4.69) is 39.4 Å². The fourth-order valence-electron chi connectivity index (χ4n) is 3.04. The van der Waals surface area contributed by atoms with Gasteiger partial charge < -0.3 is 27.1 Å². The maximum absolute atomic E-state index is 6.16. The molecule has 0 atom stereocenters. The van der Waals surface area contributed by atoms with Crippen molar-refractivity contribution in [2.45, 2.75) is 26.3 Å². The topological polar surface area (TPSA) is 144 Å². The van der Waals surface area contributed by atoms with Crippen LogP contribution < -0.4 is 27.9 Å². The van der Waals surface area contributed by atoms with Gasteiger partial charge in [-0.05, 0) is 63.0 Å². The number of rotatable bonds is 7. The molecule has 9 heteroatoms. The molecule has 0 saturated carbocycles. The first kappa shape index (κ1) is 21.3. The zero-order valence-electron chi connectivity index (χ0n) is 17.8. The van der Waals surface area contributed by atoms with Crippen molar-refractivity contribution in [3.8, 4) is 0 Å². The number of nitrogen functional groups attached to an aromatic ring is 1. The van der Waals surface area contributed by atoms with E-state index in [1.165, 1.54) is 11.2 Å². The van der Waals surface area contributed by atoms with Crippen LogP contribution in [0.4, 0.5) is 17.5 Å². The Kier molecular flexibility index (Phi) is 6.04. The van der Waals surface area contributed by atoms with Gasteiger partial charge >= 0.3 is 0 Å². The Bertz CT molecular complexity index is 1080. The normalized spacial score (nSPS) is 12.2. The molecule has 3 aromatic heterocycles. The number of aromatic nitrogens is 3. The van der Waals surface area contributed by atoms with E-state index in [1.54, 1.807) is 12.4 Å². The summed E-state index contributed by atoms with van der Waals surface area (Å²) in [5, 5.41) is 9.69.